The average molecular weight is 275 g/mol. The van der Waals surface area contributed by atoms with Gasteiger partial charge in [0.25, 0.3) is 0 Å². The molecule has 0 saturated heterocycles. The zero-order chi connectivity index (χ0) is 13.5. The Labute approximate surface area is 109 Å². The van der Waals surface area contributed by atoms with Gasteiger partial charge < -0.3 is 16.2 Å². The van der Waals surface area contributed by atoms with E-state index < -0.39 is 18.0 Å². The minimum absolute atomic E-state index is 0.116. The topological polar surface area (TPSA) is 122 Å². The summed E-state index contributed by atoms with van der Waals surface area (Å²) < 4.78 is 0. The molecule has 0 aromatic heterocycles. The van der Waals surface area contributed by atoms with Crippen molar-refractivity contribution < 1.29 is 19.5 Å². The molecule has 0 aromatic carbocycles. The third kappa shape index (κ3) is 6.45. The second-order valence-electron chi connectivity index (χ2n) is 4.08. The SMILES string of the molecule is NC(CCSCC(=O)NC(=O)NC1CC1)C(=O)O. The minimum atomic E-state index is -1.05. The van der Waals surface area contributed by atoms with E-state index in [1.165, 1.54) is 11.8 Å². The number of nitrogens with one attached hydrogen (secondary N) is 2. The van der Waals surface area contributed by atoms with Crippen LogP contribution in [0.4, 0.5) is 4.79 Å². The van der Waals surface area contributed by atoms with E-state index in [4.69, 9.17) is 10.8 Å². The number of carboxylic acid groups (broad SMARTS) is 1. The summed E-state index contributed by atoms with van der Waals surface area (Å²) in [6.07, 6.45) is 2.22. The van der Waals surface area contributed by atoms with Crippen LogP contribution < -0.4 is 16.4 Å². The molecule has 0 heterocycles. The zero-order valence-corrected chi connectivity index (χ0v) is 10.7. The van der Waals surface area contributed by atoms with Crippen molar-refractivity contribution in [2.75, 3.05) is 11.5 Å². The molecular weight excluding hydrogens is 258 g/mol. The molecule has 1 saturated carbocycles. The molecule has 3 amide bonds. The van der Waals surface area contributed by atoms with Crippen LogP contribution in [-0.4, -0.2) is 46.6 Å². The van der Waals surface area contributed by atoms with E-state index in [2.05, 4.69) is 10.6 Å². The summed E-state index contributed by atoms with van der Waals surface area (Å²) in [6.45, 7) is 0. The van der Waals surface area contributed by atoms with Gasteiger partial charge in [-0.2, -0.15) is 11.8 Å². The van der Waals surface area contributed by atoms with Crippen LogP contribution in [-0.2, 0) is 9.59 Å². The summed E-state index contributed by atoms with van der Waals surface area (Å²) in [4.78, 5) is 32.9. The van der Waals surface area contributed by atoms with Crippen molar-refractivity contribution in [3.05, 3.63) is 0 Å². The predicted octanol–water partition coefficient (Wildman–Crippen LogP) is -0.490. The van der Waals surface area contributed by atoms with E-state index in [0.717, 1.165) is 12.8 Å². The van der Waals surface area contributed by atoms with E-state index in [1.807, 2.05) is 0 Å². The number of thioether (sulfide) groups is 1. The summed E-state index contributed by atoms with van der Waals surface area (Å²) in [7, 11) is 0. The first-order valence-electron chi connectivity index (χ1n) is 5.65. The second-order valence-corrected chi connectivity index (χ2v) is 5.19. The van der Waals surface area contributed by atoms with Crippen LogP contribution in [0.15, 0.2) is 0 Å². The van der Waals surface area contributed by atoms with Gasteiger partial charge in [-0.25, -0.2) is 4.79 Å². The van der Waals surface area contributed by atoms with E-state index in [-0.39, 0.29) is 17.7 Å². The third-order valence-electron chi connectivity index (χ3n) is 2.29. The highest BCUT2D eigenvalue weighted by molar-refractivity contribution is 7.99. The average Bonchev–Trinajstić information content (AvgIpc) is 3.07. The van der Waals surface area contributed by atoms with Crippen LogP contribution in [0.1, 0.15) is 19.3 Å². The molecule has 1 rings (SSSR count). The van der Waals surface area contributed by atoms with Gasteiger partial charge in [-0.1, -0.05) is 0 Å². The number of hydrogen-bond acceptors (Lipinski definition) is 5. The number of aliphatic carboxylic acids is 1. The summed E-state index contributed by atoms with van der Waals surface area (Å²) in [5.74, 6) is -0.860. The standard InChI is InChI=1S/C10H17N3O4S/c11-7(9(15)16)3-4-18-5-8(14)13-10(17)12-6-1-2-6/h6-7H,1-5,11H2,(H,15,16)(H2,12,13,14,17). The predicted molar refractivity (Wildman–Crippen MR) is 67.2 cm³/mol. The first kappa shape index (κ1) is 14.8. The van der Waals surface area contributed by atoms with Crippen LogP contribution in [0.2, 0.25) is 0 Å². The number of amides is 3. The fraction of sp³-hybridized carbons (Fsp3) is 0.700. The normalized spacial score (nSPS) is 15.8. The minimum Gasteiger partial charge on any atom is -0.480 e. The lowest BCUT2D eigenvalue weighted by atomic mass is 10.2. The molecular formula is C10H17N3O4S. The van der Waals surface area contributed by atoms with E-state index in [9.17, 15) is 14.4 Å². The Kier molecular flexibility index (Phi) is 5.93. The largest absolute Gasteiger partial charge is 0.480 e. The number of rotatable bonds is 7. The lowest BCUT2D eigenvalue weighted by Crippen LogP contribution is -2.41. The van der Waals surface area contributed by atoms with Crippen LogP contribution in [0.25, 0.3) is 0 Å². The van der Waals surface area contributed by atoms with Gasteiger partial charge in [0.1, 0.15) is 6.04 Å². The van der Waals surface area contributed by atoms with Gasteiger partial charge >= 0.3 is 12.0 Å². The first-order chi connectivity index (χ1) is 8.49. The summed E-state index contributed by atoms with van der Waals surface area (Å²) >= 11 is 1.25. The Balaban J connectivity index is 2.02. The number of carboxylic acids is 1. The van der Waals surface area contributed by atoms with Gasteiger partial charge in [-0.15, -0.1) is 0 Å². The van der Waals surface area contributed by atoms with Gasteiger partial charge in [0.15, 0.2) is 0 Å². The number of urea groups is 1. The Morgan fingerprint density at radius 3 is 2.61 bits per heavy atom. The van der Waals surface area contributed by atoms with Crippen molar-refractivity contribution in [2.45, 2.75) is 31.3 Å². The van der Waals surface area contributed by atoms with Crippen LogP contribution in [0.5, 0.6) is 0 Å². The van der Waals surface area contributed by atoms with Gasteiger partial charge in [0.05, 0.1) is 5.75 Å². The zero-order valence-electron chi connectivity index (χ0n) is 9.85. The number of imide groups is 1. The molecule has 0 aromatic rings. The summed E-state index contributed by atoms with van der Waals surface area (Å²) in [6, 6.07) is -1.16. The number of carbonyl (C=O) groups is 3. The molecule has 0 aliphatic heterocycles. The van der Waals surface area contributed by atoms with Crippen molar-refractivity contribution >= 4 is 29.7 Å². The van der Waals surface area contributed by atoms with Crippen LogP contribution >= 0.6 is 11.8 Å². The summed E-state index contributed by atoms with van der Waals surface area (Å²) in [5, 5.41) is 13.4. The first-order valence-corrected chi connectivity index (χ1v) is 6.81. The van der Waals surface area contributed by atoms with Crippen LogP contribution in [0.3, 0.4) is 0 Å². The lowest BCUT2D eigenvalue weighted by Gasteiger charge is -2.06. The molecule has 5 N–H and O–H groups in total. The quantitative estimate of drug-likeness (QED) is 0.465. The van der Waals surface area contributed by atoms with Gasteiger partial charge in [0, 0.05) is 6.04 Å². The van der Waals surface area contributed by atoms with E-state index in [1.54, 1.807) is 0 Å². The van der Waals surface area contributed by atoms with E-state index >= 15 is 0 Å². The highest BCUT2D eigenvalue weighted by atomic mass is 32.2. The molecule has 1 atom stereocenters. The third-order valence-corrected chi connectivity index (χ3v) is 3.28. The highest BCUT2D eigenvalue weighted by Crippen LogP contribution is 2.18. The van der Waals surface area contributed by atoms with Crippen molar-refractivity contribution in [3.8, 4) is 0 Å². The molecule has 7 nitrogen and oxygen atoms in total. The molecule has 1 aliphatic carbocycles. The Morgan fingerprint density at radius 1 is 1.39 bits per heavy atom. The fourth-order valence-electron chi connectivity index (χ4n) is 1.11. The van der Waals surface area contributed by atoms with Crippen molar-refractivity contribution in [3.63, 3.8) is 0 Å². The van der Waals surface area contributed by atoms with Gasteiger partial charge in [0.2, 0.25) is 5.91 Å². The Morgan fingerprint density at radius 2 is 2.06 bits per heavy atom. The molecule has 0 bridgehead atoms. The molecule has 0 radical (unpaired) electrons. The van der Waals surface area contributed by atoms with Gasteiger partial charge in [-0.05, 0) is 25.0 Å². The van der Waals surface area contributed by atoms with Crippen molar-refractivity contribution in [1.82, 2.24) is 10.6 Å². The molecule has 0 spiro atoms. The number of hydrogen-bond donors (Lipinski definition) is 4. The number of nitrogens with two attached hydrogens (primary N) is 1. The Bertz CT molecular complexity index is 333. The molecule has 1 fully saturated rings. The molecule has 1 unspecified atom stereocenters. The maximum absolute atomic E-state index is 11.3. The molecule has 18 heavy (non-hydrogen) atoms. The fourth-order valence-corrected chi connectivity index (χ4v) is 1.93. The molecule has 1 aliphatic rings. The van der Waals surface area contributed by atoms with Crippen molar-refractivity contribution in [2.24, 2.45) is 5.73 Å². The summed E-state index contributed by atoms with van der Waals surface area (Å²) in [5.41, 5.74) is 5.30. The lowest BCUT2D eigenvalue weighted by molar-refractivity contribution is -0.138. The maximum atomic E-state index is 11.3. The number of carbonyl (C=O) groups excluding carboxylic acids is 2. The highest BCUT2D eigenvalue weighted by Gasteiger charge is 2.23. The van der Waals surface area contributed by atoms with Crippen LogP contribution in [0, 0.1) is 0 Å². The van der Waals surface area contributed by atoms with E-state index in [0.29, 0.717) is 12.2 Å². The Hall–Kier alpha value is -1.28. The van der Waals surface area contributed by atoms with Gasteiger partial charge in [-0.3, -0.25) is 14.9 Å². The molecule has 102 valence electrons. The smallest absolute Gasteiger partial charge is 0.321 e. The molecule has 8 heteroatoms. The maximum Gasteiger partial charge on any atom is 0.321 e. The monoisotopic (exact) mass is 275 g/mol. The van der Waals surface area contributed by atoms with Crippen molar-refractivity contribution in [1.29, 1.82) is 0 Å². The second kappa shape index (κ2) is 7.22.